The van der Waals surface area contributed by atoms with E-state index in [0.29, 0.717) is 17.1 Å². The standard InChI is InChI=1S/C12H22N3O2S/c1-4-15(7-8-16)12-6-5-10(9-11(12)13)18(3,17)14-2/h5-6,9,16H,4,7-8,13H2,1-3H3,(H,14,17)/q+1. The van der Waals surface area contributed by atoms with Crippen LogP contribution in [0, 0.1) is 0 Å². The summed E-state index contributed by atoms with van der Waals surface area (Å²) in [4.78, 5) is 2.67. The van der Waals surface area contributed by atoms with Crippen LogP contribution in [0.15, 0.2) is 23.1 Å². The smallest absolute Gasteiger partial charge is 0.185 e. The SMILES string of the molecule is CCN(CCO)c1ccc([S+](C)(=O)NC)cc1N. The second kappa shape index (κ2) is 6.17. The van der Waals surface area contributed by atoms with Crippen molar-refractivity contribution in [3.8, 4) is 0 Å². The van der Waals surface area contributed by atoms with Crippen molar-refractivity contribution in [1.29, 1.82) is 0 Å². The molecule has 0 amide bonds. The molecule has 0 saturated heterocycles. The lowest BCUT2D eigenvalue weighted by molar-refractivity contribution is 0.302. The van der Waals surface area contributed by atoms with Crippen molar-refractivity contribution in [2.75, 3.05) is 43.6 Å². The molecule has 1 rings (SSSR count). The van der Waals surface area contributed by atoms with E-state index < -0.39 is 10.1 Å². The first-order valence-corrected chi connectivity index (χ1v) is 7.86. The zero-order valence-electron chi connectivity index (χ0n) is 11.1. The zero-order valence-corrected chi connectivity index (χ0v) is 12.0. The fraction of sp³-hybridized carbons (Fsp3) is 0.500. The summed E-state index contributed by atoms with van der Waals surface area (Å²) < 4.78 is 15.0. The third-order valence-corrected chi connectivity index (χ3v) is 4.86. The number of hydrogen-bond donors (Lipinski definition) is 3. The second-order valence-corrected chi connectivity index (χ2v) is 6.64. The van der Waals surface area contributed by atoms with Gasteiger partial charge in [0.1, 0.15) is 6.26 Å². The maximum absolute atomic E-state index is 12.2. The number of rotatable bonds is 6. The molecule has 18 heavy (non-hydrogen) atoms. The quantitative estimate of drug-likeness (QED) is 0.526. The molecule has 6 heteroatoms. The van der Waals surface area contributed by atoms with E-state index in [1.165, 1.54) is 0 Å². The van der Waals surface area contributed by atoms with Crippen molar-refractivity contribution in [2.24, 2.45) is 0 Å². The monoisotopic (exact) mass is 272 g/mol. The number of aliphatic hydroxyl groups excluding tert-OH is 1. The van der Waals surface area contributed by atoms with Gasteiger partial charge in [-0.1, -0.05) is 4.21 Å². The molecule has 4 N–H and O–H groups in total. The van der Waals surface area contributed by atoms with Crippen molar-refractivity contribution >= 4 is 21.5 Å². The molecule has 102 valence electrons. The summed E-state index contributed by atoms with van der Waals surface area (Å²) in [6.45, 7) is 3.38. The fourth-order valence-corrected chi connectivity index (χ4v) is 2.67. The highest BCUT2D eigenvalue weighted by atomic mass is 32.3. The Kier molecular flexibility index (Phi) is 5.13. The summed E-state index contributed by atoms with van der Waals surface area (Å²) in [5.41, 5.74) is 7.44. The summed E-state index contributed by atoms with van der Waals surface area (Å²) in [6.07, 6.45) is 1.65. The molecule has 5 nitrogen and oxygen atoms in total. The van der Waals surface area contributed by atoms with Crippen LogP contribution in [0.25, 0.3) is 0 Å². The molecule has 0 aromatic heterocycles. The molecule has 0 bridgehead atoms. The minimum Gasteiger partial charge on any atom is -0.397 e. The van der Waals surface area contributed by atoms with Crippen molar-refractivity contribution < 1.29 is 9.32 Å². The van der Waals surface area contributed by atoms with Crippen molar-refractivity contribution in [2.45, 2.75) is 11.8 Å². The van der Waals surface area contributed by atoms with Gasteiger partial charge in [0.05, 0.1) is 18.0 Å². The Morgan fingerprint density at radius 3 is 2.61 bits per heavy atom. The molecule has 0 fully saturated rings. The number of aliphatic hydroxyl groups is 1. The van der Waals surface area contributed by atoms with Crippen LogP contribution in [0.1, 0.15) is 6.92 Å². The van der Waals surface area contributed by atoms with E-state index >= 15 is 0 Å². The van der Waals surface area contributed by atoms with Gasteiger partial charge in [-0.2, -0.15) is 0 Å². The molecule has 1 unspecified atom stereocenters. The number of benzene rings is 1. The summed E-state index contributed by atoms with van der Waals surface area (Å²) >= 11 is 0. The highest BCUT2D eigenvalue weighted by Crippen LogP contribution is 2.27. The molecule has 0 saturated carbocycles. The summed E-state index contributed by atoms with van der Waals surface area (Å²) in [5, 5.41) is 9.00. The van der Waals surface area contributed by atoms with E-state index in [1.807, 2.05) is 24.0 Å². The molecule has 1 aromatic rings. The fourth-order valence-electron chi connectivity index (χ4n) is 1.75. The van der Waals surface area contributed by atoms with Gasteiger partial charge in [0.25, 0.3) is 0 Å². The Morgan fingerprint density at radius 1 is 1.50 bits per heavy atom. The lowest BCUT2D eigenvalue weighted by Gasteiger charge is -2.23. The van der Waals surface area contributed by atoms with Gasteiger partial charge >= 0.3 is 0 Å². The predicted molar refractivity (Wildman–Crippen MR) is 77.1 cm³/mol. The normalized spacial score (nSPS) is 14.2. The topological polar surface area (TPSA) is 78.6 Å². The van der Waals surface area contributed by atoms with E-state index in [0.717, 1.165) is 12.2 Å². The summed E-state index contributed by atoms with van der Waals surface area (Å²) in [6, 6.07) is 5.39. The van der Waals surface area contributed by atoms with Crippen LogP contribution in [-0.4, -0.2) is 38.1 Å². The van der Waals surface area contributed by atoms with Crippen LogP contribution >= 0.6 is 0 Å². The molecule has 1 atom stereocenters. The van der Waals surface area contributed by atoms with Crippen molar-refractivity contribution in [1.82, 2.24) is 4.72 Å². The Bertz CT molecular complexity index is 451. The molecule has 1 aromatic carbocycles. The molecular weight excluding hydrogens is 250 g/mol. The highest BCUT2D eigenvalue weighted by molar-refractivity contribution is 8.00. The minimum atomic E-state index is -2.23. The van der Waals surface area contributed by atoms with Crippen molar-refractivity contribution in [3.63, 3.8) is 0 Å². The first-order valence-electron chi connectivity index (χ1n) is 5.89. The third kappa shape index (κ3) is 3.22. The van der Waals surface area contributed by atoms with E-state index in [1.54, 1.807) is 19.4 Å². The van der Waals surface area contributed by atoms with Gasteiger partial charge < -0.3 is 15.7 Å². The Labute approximate surface area is 110 Å². The van der Waals surface area contributed by atoms with E-state index in [4.69, 9.17) is 10.8 Å². The average Bonchev–Trinajstić information content (AvgIpc) is 2.36. The van der Waals surface area contributed by atoms with Crippen LogP contribution in [-0.2, 0) is 14.3 Å². The van der Waals surface area contributed by atoms with Gasteiger partial charge in [-0.25, -0.2) is 0 Å². The number of nitrogen functional groups attached to an aromatic ring is 1. The summed E-state index contributed by atoms with van der Waals surface area (Å²) in [7, 11) is -0.567. The van der Waals surface area contributed by atoms with Crippen LogP contribution in [0.5, 0.6) is 0 Å². The van der Waals surface area contributed by atoms with Gasteiger partial charge in [0.2, 0.25) is 0 Å². The number of nitrogens with one attached hydrogen (secondary N) is 1. The molecule has 0 radical (unpaired) electrons. The van der Waals surface area contributed by atoms with Crippen LogP contribution in [0.2, 0.25) is 0 Å². The average molecular weight is 272 g/mol. The number of nitrogens with zero attached hydrogens (tertiary/aromatic N) is 1. The number of nitrogens with two attached hydrogens (primary N) is 1. The van der Waals surface area contributed by atoms with Gasteiger partial charge in [-0.3, -0.25) is 0 Å². The molecule has 0 aliphatic heterocycles. The van der Waals surface area contributed by atoms with Crippen molar-refractivity contribution in [3.05, 3.63) is 18.2 Å². The third-order valence-electron chi connectivity index (χ3n) is 2.93. The maximum atomic E-state index is 12.2. The van der Waals surface area contributed by atoms with Crippen LogP contribution < -0.4 is 15.4 Å². The number of anilines is 2. The number of hydrogen-bond acceptors (Lipinski definition) is 4. The van der Waals surface area contributed by atoms with Gasteiger partial charge in [0, 0.05) is 26.2 Å². The van der Waals surface area contributed by atoms with Crippen LogP contribution in [0.3, 0.4) is 0 Å². The van der Waals surface area contributed by atoms with Gasteiger partial charge in [-0.15, -0.1) is 4.72 Å². The predicted octanol–water partition coefficient (Wildman–Crippen LogP) is 0.710. The van der Waals surface area contributed by atoms with Gasteiger partial charge in [0.15, 0.2) is 15.0 Å². The largest absolute Gasteiger partial charge is 0.397 e. The number of likely N-dealkylation sites (N-methyl/N-ethyl adjacent to an activating group) is 1. The molecule has 0 heterocycles. The Morgan fingerprint density at radius 2 is 2.17 bits per heavy atom. The lowest BCUT2D eigenvalue weighted by Crippen LogP contribution is -2.28. The summed E-state index contributed by atoms with van der Waals surface area (Å²) in [5.74, 6) is 0. The van der Waals surface area contributed by atoms with E-state index in [9.17, 15) is 4.21 Å². The van der Waals surface area contributed by atoms with Gasteiger partial charge in [-0.05, 0) is 19.1 Å². The van der Waals surface area contributed by atoms with E-state index in [2.05, 4.69) is 4.72 Å². The zero-order chi connectivity index (χ0) is 13.8. The Balaban J connectivity index is 3.09. The second-order valence-electron chi connectivity index (χ2n) is 4.07. The first-order chi connectivity index (χ1) is 8.46. The molecule has 0 spiro atoms. The highest BCUT2D eigenvalue weighted by Gasteiger charge is 2.23. The minimum absolute atomic E-state index is 0.0794. The molecule has 0 aliphatic carbocycles. The lowest BCUT2D eigenvalue weighted by atomic mass is 10.2. The van der Waals surface area contributed by atoms with Crippen LogP contribution in [0.4, 0.5) is 11.4 Å². The molecule has 0 aliphatic rings. The first kappa shape index (κ1) is 14.9. The van der Waals surface area contributed by atoms with E-state index in [-0.39, 0.29) is 6.61 Å². The maximum Gasteiger partial charge on any atom is 0.185 e. The Hall–Kier alpha value is -1.11. The molecular formula is C12H22N3O2S+.